The second-order valence-corrected chi connectivity index (χ2v) is 8.17. The second kappa shape index (κ2) is 9.29. The number of benzene rings is 2. The summed E-state index contributed by atoms with van der Waals surface area (Å²) >= 11 is 0. The summed E-state index contributed by atoms with van der Waals surface area (Å²) in [6, 6.07) is 15.0. The van der Waals surface area contributed by atoms with Gasteiger partial charge in [-0.05, 0) is 17.7 Å². The molecule has 0 spiro atoms. The van der Waals surface area contributed by atoms with Gasteiger partial charge in [0.2, 0.25) is 10.0 Å². The Kier molecular flexibility index (Phi) is 6.79. The van der Waals surface area contributed by atoms with Crippen LogP contribution in [0.25, 0.3) is 0 Å². The molecule has 0 aromatic heterocycles. The van der Waals surface area contributed by atoms with E-state index in [0.717, 1.165) is 18.7 Å². The van der Waals surface area contributed by atoms with E-state index in [-0.39, 0.29) is 10.5 Å². The summed E-state index contributed by atoms with van der Waals surface area (Å²) in [5.41, 5.74) is 0.865. The van der Waals surface area contributed by atoms with Gasteiger partial charge >= 0.3 is 5.97 Å². The monoisotopic (exact) mass is 404 g/mol. The van der Waals surface area contributed by atoms with E-state index in [1.165, 1.54) is 19.2 Å². The Balaban J connectivity index is 1.90. The fraction of sp³-hybridized carbons (Fsp3) is 0.350. The van der Waals surface area contributed by atoms with Crippen LogP contribution < -0.4 is 4.72 Å². The smallest absolute Gasteiger partial charge is 0.339 e. The lowest BCUT2D eigenvalue weighted by Crippen LogP contribution is -2.43. The van der Waals surface area contributed by atoms with Gasteiger partial charge in [-0.2, -0.15) is 0 Å². The van der Waals surface area contributed by atoms with Crippen molar-refractivity contribution < 1.29 is 22.7 Å². The van der Waals surface area contributed by atoms with Crippen molar-refractivity contribution in [2.24, 2.45) is 0 Å². The molecule has 28 heavy (non-hydrogen) atoms. The van der Waals surface area contributed by atoms with Crippen LogP contribution in [0.4, 0.5) is 0 Å². The first-order chi connectivity index (χ1) is 13.5. The molecule has 0 amide bonds. The summed E-state index contributed by atoms with van der Waals surface area (Å²) < 4.78 is 39.2. The molecule has 7 nitrogen and oxygen atoms in total. The van der Waals surface area contributed by atoms with Crippen LogP contribution >= 0.6 is 0 Å². The molecule has 150 valence electrons. The van der Waals surface area contributed by atoms with Gasteiger partial charge < -0.3 is 9.47 Å². The van der Waals surface area contributed by atoms with E-state index < -0.39 is 22.0 Å². The fourth-order valence-corrected chi connectivity index (χ4v) is 4.58. The molecule has 1 aliphatic heterocycles. The zero-order chi connectivity index (χ0) is 20.0. The van der Waals surface area contributed by atoms with Gasteiger partial charge in [-0.15, -0.1) is 0 Å². The number of carbonyl (C=O) groups excluding carboxylic acids is 1. The lowest BCUT2D eigenvalue weighted by molar-refractivity contribution is 0.0345. The van der Waals surface area contributed by atoms with Gasteiger partial charge in [-0.25, -0.2) is 17.9 Å². The Labute approximate surface area is 165 Å². The van der Waals surface area contributed by atoms with Crippen molar-refractivity contribution >= 4 is 16.0 Å². The first-order valence-electron chi connectivity index (χ1n) is 9.06. The maximum atomic E-state index is 13.1. The molecule has 1 aliphatic rings. The average molecular weight is 404 g/mol. The van der Waals surface area contributed by atoms with Crippen LogP contribution in [0.15, 0.2) is 59.5 Å². The third-order valence-corrected chi connectivity index (χ3v) is 6.16. The molecule has 8 heteroatoms. The number of rotatable bonds is 7. The largest absolute Gasteiger partial charge is 0.465 e. The van der Waals surface area contributed by atoms with Gasteiger partial charge in [0, 0.05) is 19.6 Å². The highest BCUT2D eigenvalue weighted by Gasteiger charge is 2.27. The SMILES string of the molecule is COC(=O)c1ccccc1S(=O)(=O)NC(CN1CCOCC1)c1ccccc1. The van der Waals surface area contributed by atoms with E-state index in [4.69, 9.17) is 9.47 Å². The van der Waals surface area contributed by atoms with E-state index in [0.29, 0.717) is 19.8 Å². The standard InChI is InChI=1S/C20H24N2O5S/c1-26-20(23)17-9-5-6-10-19(17)28(24,25)21-18(16-7-3-2-4-8-16)15-22-11-13-27-14-12-22/h2-10,18,21H,11-15H2,1H3. The molecule has 0 radical (unpaired) electrons. The zero-order valence-corrected chi connectivity index (χ0v) is 16.5. The van der Waals surface area contributed by atoms with Gasteiger partial charge in [-0.1, -0.05) is 42.5 Å². The number of carbonyl (C=O) groups is 1. The van der Waals surface area contributed by atoms with Crippen LogP contribution in [-0.4, -0.2) is 59.2 Å². The Bertz CT molecular complexity index is 896. The van der Waals surface area contributed by atoms with Crippen molar-refractivity contribution in [3.05, 3.63) is 65.7 Å². The summed E-state index contributed by atoms with van der Waals surface area (Å²) in [5.74, 6) is -0.689. The van der Waals surface area contributed by atoms with Gasteiger partial charge in [0.1, 0.15) is 0 Å². The van der Waals surface area contributed by atoms with Crippen LogP contribution in [-0.2, 0) is 19.5 Å². The normalized spacial score (nSPS) is 16.5. The van der Waals surface area contributed by atoms with Crippen molar-refractivity contribution in [1.82, 2.24) is 9.62 Å². The lowest BCUT2D eigenvalue weighted by Gasteiger charge is -2.31. The lowest BCUT2D eigenvalue weighted by atomic mass is 10.1. The molecule has 0 aliphatic carbocycles. The minimum Gasteiger partial charge on any atom is -0.465 e. The predicted molar refractivity (Wildman–Crippen MR) is 105 cm³/mol. The molecule has 0 bridgehead atoms. The molecule has 1 saturated heterocycles. The van der Waals surface area contributed by atoms with Crippen molar-refractivity contribution in [3.63, 3.8) is 0 Å². The van der Waals surface area contributed by atoms with Crippen molar-refractivity contribution in [3.8, 4) is 0 Å². The summed E-state index contributed by atoms with van der Waals surface area (Å²) in [5, 5.41) is 0. The maximum Gasteiger partial charge on any atom is 0.339 e. The van der Waals surface area contributed by atoms with Gasteiger partial charge in [0.05, 0.1) is 36.8 Å². The van der Waals surface area contributed by atoms with Crippen LogP contribution in [0.5, 0.6) is 0 Å². The number of ether oxygens (including phenoxy) is 2. The molecule has 1 fully saturated rings. The number of morpholine rings is 1. The Hall–Kier alpha value is -2.26. The number of nitrogens with one attached hydrogen (secondary N) is 1. The van der Waals surface area contributed by atoms with E-state index in [2.05, 4.69) is 9.62 Å². The molecule has 1 unspecified atom stereocenters. The highest BCUT2D eigenvalue weighted by atomic mass is 32.2. The van der Waals surface area contributed by atoms with Crippen LogP contribution in [0.2, 0.25) is 0 Å². The summed E-state index contributed by atoms with van der Waals surface area (Å²) in [4.78, 5) is 14.1. The molecule has 3 rings (SSSR count). The van der Waals surface area contributed by atoms with Crippen LogP contribution in [0.1, 0.15) is 22.0 Å². The van der Waals surface area contributed by atoms with E-state index >= 15 is 0 Å². The highest BCUT2D eigenvalue weighted by Crippen LogP contribution is 2.22. The number of methoxy groups -OCH3 is 1. The number of sulfonamides is 1. The Morgan fingerprint density at radius 3 is 2.43 bits per heavy atom. The van der Waals surface area contributed by atoms with Crippen molar-refractivity contribution in [1.29, 1.82) is 0 Å². The summed E-state index contributed by atoms with van der Waals surface area (Å²) in [6.07, 6.45) is 0. The summed E-state index contributed by atoms with van der Waals surface area (Å²) in [6.45, 7) is 3.24. The Morgan fingerprint density at radius 2 is 1.75 bits per heavy atom. The number of hydrogen-bond acceptors (Lipinski definition) is 6. The van der Waals surface area contributed by atoms with Crippen molar-refractivity contribution in [2.75, 3.05) is 40.0 Å². The third-order valence-electron chi connectivity index (χ3n) is 4.63. The molecule has 1 atom stereocenters. The average Bonchev–Trinajstić information content (AvgIpc) is 2.74. The molecule has 0 saturated carbocycles. The molecule has 1 N–H and O–H groups in total. The van der Waals surface area contributed by atoms with Gasteiger partial charge in [0.25, 0.3) is 0 Å². The second-order valence-electron chi connectivity index (χ2n) is 6.49. The minimum absolute atomic E-state index is 0.00989. The Morgan fingerprint density at radius 1 is 1.11 bits per heavy atom. The fourth-order valence-electron chi connectivity index (χ4n) is 3.17. The topological polar surface area (TPSA) is 84.9 Å². The van der Waals surface area contributed by atoms with Crippen molar-refractivity contribution in [2.45, 2.75) is 10.9 Å². The molecule has 1 heterocycles. The van der Waals surface area contributed by atoms with Gasteiger partial charge in [-0.3, -0.25) is 4.90 Å². The third kappa shape index (κ3) is 4.96. The highest BCUT2D eigenvalue weighted by molar-refractivity contribution is 7.89. The first kappa shape index (κ1) is 20.5. The van der Waals surface area contributed by atoms with E-state index in [1.807, 2.05) is 30.3 Å². The first-order valence-corrected chi connectivity index (χ1v) is 10.5. The maximum absolute atomic E-state index is 13.1. The summed E-state index contributed by atoms with van der Waals surface area (Å²) in [7, 11) is -2.73. The predicted octanol–water partition coefficient (Wildman–Crippen LogP) is 1.82. The van der Waals surface area contributed by atoms with E-state index in [9.17, 15) is 13.2 Å². The number of hydrogen-bond donors (Lipinski definition) is 1. The quantitative estimate of drug-likeness (QED) is 0.709. The van der Waals surface area contributed by atoms with Gasteiger partial charge in [0.15, 0.2) is 0 Å². The zero-order valence-electron chi connectivity index (χ0n) is 15.7. The molecule has 2 aromatic rings. The molecular weight excluding hydrogens is 380 g/mol. The molecular formula is C20H24N2O5S. The van der Waals surface area contributed by atoms with Crippen LogP contribution in [0.3, 0.4) is 0 Å². The van der Waals surface area contributed by atoms with E-state index in [1.54, 1.807) is 12.1 Å². The minimum atomic E-state index is -3.95. The number of nitrogens with zero attached hydrogens (tertiary/aromatic N) is 1. The number of esters is 1. The van der Waals surface area contributed by atoms with Crippen LogP contribution in [0, 0.1) is 0 Å². The molecule has 2 aromatic carbocycles.